The van der Waals surface area contributed by atoms with Crippen molar-refractivity contribution in [1.29, 1.82) is 0 Å². The first kappa shape index (κ1) is 10.9. The van der Waals surface area contributed by atoms with Crippen molar-refractivity contribution in [2.75, 3.05) is 0 Å². The Morgan fingerprint density at radius 3 is 2.50 bits per heavy atom. The number of aromatic nitrogens is 1. The van der Waals surface area contributed by atoms with Crippen molar-refractivity contribution < 1.29 is 4.57 Å². The van der Waals surface area contributed by atoms with Gasteiger partial charge in [-0.1, -0.05) is 36.4 Å². The smallest absolute Gasteiger partial charge is 0.185 e. The molecule has 16 heavy (non-hydrogen) atoms. The summed E-state index contributed by atoms with van der Waals surface area (Å²) in [5.41, 5.74) is 1.20. The Morgan fingerprint density at radius 1 is 1.00 bits per heavy atom. The summed E-state index contributed by atoms with van der Waals surface area (Å²) in [6.45, 7) is 0.786. The van der Waals surface area contributed by atoms with Gasteiger partial charge in [0.15, 0.2) is 12.7 Å². The third-order valence-electron chi connectivity index (χ3n) is 2.30. The second kappa shape index (κ2) is 5.47. The lowest BCUT2D eigenvalue weighted by Crippen LogP contribution is -2.33. The molecule has 0 aliphatic carbocycles. The van der Waals surface area contributed by atoms with Crippen LogP contribution < -0.4 is 4.57 Å². The first-order valence-corrected chi connectivity index (χ1v) is 5.59. The van der Waals surface area contributed by atoms with Gasteiger partial charge in [-0.05, 0) is 29.3 Å². The number of hydrogen-bond donors (Lipinski definition) is 0. The summed E-state index contributed by atoms with van der Waals surface area (Å²) in [6.07, 6.45) is 6.16. The molecule has 0 spiro atoms. The van der Waals surface area contributed by atoms with E-state index in [2.05, 4.69) is 24.3 Å². The first-order valence-electron chi connectivity index (χ1n) is 5.22. The lowest BCUT2D eigenvalue weighted by molar-refractivity contribution is -0.684. The van der Waals surface area contributed by atoms with Crippen LogP contribution in [0.3, 0.4) is 0 Å². The number of halogens is 1. The SMILES string of the molecule is Clc1cccc[n+]1C/C=C/c1ccccc1. The van der Waals surface area contributed by atoms with Crippen LogP contribution >= 0.6 is 11.6 Å². The Morgan fingerprint density at radius 2 is 1.75 bits per heavy atom. The number of pyridine rings is 1. The fraction of sp³-hybridized carbons (Fsp3) is 0.0714. The molecule has 0 N–H and O–H groups in total. The summed E-state index contributed by atoms with van der Waals surface area (Å²) in [5, 5.41) is 0.750. The average molecular weight is 231 g/mol. The predicted molar refractivity (Wildman–Crippen MR) is 67.1 cm³/mol. The van der Waals surface area contributed by atoms with E-state index < -0.39 is 0 Å². The van der Waals surface area contributed by atoms with Crippen LogP contribution in [0.4, 0.5) is 0 Å². The third-order valence-corrected chi connectivity index (χ3v) is 2.64. The molecule has 2 aromatic rings. The van der Waals surface area contributed by atoms with Crippen molar-refractivity contribution in [2.45, 2.75) is 6.54 Å². The van der Waals surface area contributed by atoms with Gasteiger partial charge in [0.1, 0.15) is 0 Å². The van der Waals surface area contributed by atoms with Crippen LogP contribution in [0.15, 0.2) is 60.8 Å². The van der Waals surface area contributed by atoms with Crippen LogP contribution in [-0.2, 0) is 6.54 Å². The van der Waals surface area contributed by atoms with E-state index in [1.807, 2.05) is 47.2 Å². The van der Waals surface area contributed by atoms with Crippen LogP contribution in [0.2, 0.25) is 5.15 Å². The van der Waals surface area contributed by atoms with Crippen LogP contribution in [0.1, 0.15) is 5.56 Å². The molecule has 1 aromatic heterocycles. The molecular weight excluding hydrogens is 218 g/mol. The molecule has 1 aromatic carbocycles. The minimum absolute atomic E-state index is 0.750. The standard InChI is InChI=1S/C14H13ClN/c15-14-10-4-5-11-16(14)12-6-9-13-7-2-1-3-8-13/h1-11H,12H2/q+1/b9-6+. The molecular formula is C14H13ClN+. The van der Waals surface area contributed by atoms with E-state index in [0.717, 1.165) is 11.7 Å². The van der Waals surface area contributed by atoms with Gasteiger partial charge in [0, 0.05) is 12.1 Å². The first-order chi connectivity index (χ1) is 7.86. The fourth-order valence-electron chi connectivity index (χ4n) is 1.47. The van der Waals surface area contributed by atoms with Crippen molar-refractivity contribution in [1.82, 2.24) is 0 Å². The molecule has 2 heteroatoms. The molecule has 2 rings (SSSR count). The summed E-state index contributed by atoms with van der Waals surface area (Å²) in [6, 6.07) is 16.0. The quantitative estimate of drug-likeness (QED) is 0.563. The highest BCUT2D eigenvalue weighted by Crippen LogP contribution is 2.02. The Kier molecular flexibility index (Phi) is 3.73. The molecule has 0 unspecified atom stereocenters. The summed E-state index contributed by atoms with van der Waals surface area (Å²) in [5.74, 6) is 0. The largest absolute Gasteiger partial charge is 0.275 e. The van der Waals surface area contributed by atoms with E-state index in [1.165, 1.54) is 5.56 Å². The molecule has 80 valence electrons. The van der Waals surface area contributed by atoms with E-state index >= 15 is 0 Å². The highest BCUT2D eigenvalue weighted by molar-refractivity contribution is 6.28. The maximum atomic E-state index is 6.04. The monoisotopic (exact) mass is 230 g/mol. The summed E-state index contributed by atoms with van der Waals surface area (Å²) in [4.78, 5) is 0. The highest BCUT2D eigenvalue weighted by Gasteiger charge is 2.02. The van der Waals surface area contributed by atoms with Gasteiger partial charge in [-0.3, -0.25) is 0 Å². The van der Waals surface area contributed by atoms with Gasteiger partial charge in [-0.2, -0.15) is 4.57 Å². The molecule has 0 aliphatic rings. The topological polar surface area (TPSA) is 3.88 Å². The van der Waals surface area contributed by atoms with Gasteiger partial charge in [0.25, 0.3) is 5.15 Å². The third kappa shape index (κ3) is 2.94. The van der Waals surface area contributed by atoms with Crippen molar-refractivity contribution in [3.05, 3.63) is 71.5 Å². The summed E-state index contributed by atoms with van der Waals surface area (Å²) < 4.78 is 1.99. The van der Waals surface area contributed by atoms with Gasteiger partial charge in [-0.15, -0.1) is 0 Å². The molecule has 0 saturated heterocycles. The Bertz CT molecular complexity index is 477. The number of benzene rings is 1. The molecule has 0 bridgehead atoms. The number of allylic oxidation sites excluding steroid dienone is 1. The molecule has 0 radical (unpaired) electrons. The zero-order valence-electron chi connectivity index (χ0n) is 8.88. The number of rotatable bonds is 3. The lowest BCUT2D eigenvalue weighted by Gasteiger charge is -1.94. The Balaban J connectivity index is 2.03. The van der Waals surface area contributed by atoms with Crippen LogP contribution in [0, 0.1) is 0 Å². The minimum Gasteiger partial charge on any atom is -0.185 e. The zero-order chi connectivity index (χ0) is 11.2. The van der Waals surface area contributed by atoms with Crippen molar-refractivity contribution >= 4 is 17.7 Å². The van der Waals surface area contributed by atoms with Gasteiger partial charge in [0.05, 0.1) is 0 Å². The molecule has 0 atom stereocenters. The van der Waals surface area contributed by atoms with Gasteiger partial charge in [0.2, 0.25) is 0 Å². The second-order valence-corrected chi connectivity index (χ2v) is 3.88. The molecule has 0 fully saturated rings. The van der Waals surface area contributed by atoms with Crippen molar-refractivity contribution in [2.24, 2.45) is 0 Å². The van der Waals surface area contributed by atoms with Gasteiger partial charge < -0.3 is 0 Å². The summed E-state index contributed by atoms with van der Waals surface area (Å²) >= 11 is 6.04. The fourth-order valence-corrected chi connectivity index (χ4v) is 1.67. The maximum absolute atomic E-state index is 6.04. The molecule has 1 heterocycles. The van der Waals surface area contributed by atoms with Crippen LogP contribution in [0.25, 0.3) is 6.08 Å². The van der Waals surface area contributed by atoms with Crippen molar-refractivity contribution in [3.63, 3.8) is 0 Å². The van der Waals surface area contributed by atoms with E-state index in [9.17, 15) is 0 Å². The number of hydrogen-bond acceptors (Lipinski definition) is 0. The average Bonchev–Trinajstić information content (AvgIpc) is 2.33. The second-order valence-electron chi connectivity index (χ2n) is 3.49. The molecule has 0 aliphatic heterocycles. The predicted octanol–water partition coefficient (Wildman–Crippen LogP) is 3.34. The molecule has 0 amide bonds. The minimum atomic E-state index is 0.750. The molecule has 0 saturated carbocycles. The van der Waals surface area contributed by atoms with Gasteiger partial charge >= 0.3 is 0 Å². The molecule has 1 nitrogen and oxygen atoms in total. The van der Waals surface area contributed by atoms with E-state index in [0.29, 0.717) is 0 Å². The van der Waals surface area contributed by atoms with Crippen LogP contribution in [0.5, 0.6) is 0 Å². The zero-order valence-corrected chi connectivity index (χ0v) is 9.64. The Hall–Kier alpha value is -1.60. The normalized spacial score (nSPS) is 10.8. The van der Waals surface area contributed by atoms with E-state index in [1.54, 1.807) is 0 Å². The maximum Gasteiger partial charge on any atom is 0.275 e. The van der Waals surface area contributed by atoms with E-state index in [4.69, 9.17) is 11.6 Å². The van der Waals surface area contributed by atoms with E-state index in [-0.39, 0.29) is 0 Å². The van der Waals surface area contributed by atoms with Gasteiger partial charge in [-0.25, -0.2) is 0 Å². The highest BCUT2D eigenvalue weighted by atomic mass is 35.5. The van der Waals surface area contributed by atoms with Crippen LogP contribution in [-0.4, -0.2) is 0 Å². The number of nitrogens with zero attached hydrogens (tertiary/aromatic N) is 1. The Labute approximate surface area is 101 Å². The summed E-state index contributed by atoms with van der Waals surface area (Å²) in [7, 11) is 0. The van der Waals surface area contributed by atoms with Crippen molar-refractivity contribution in [3.8, 4) is 0 Å². The lowest BCUT2D eigenvalue weighted by atomic mass is 10.2.